The van der Waals surface area contributed by atoms with Crippen molar-refractivity contribution in [3.8, 4) is 16.9 Å². The van der Waals surface area contributed by atoms with Crippen molar-refractivity contribution in [3.63, 3.8) is 0 Å². The summed E-state index contributed by atoms with van der Waals surface area (Å²) in [6, 6.07) is 3.84. The Bertz CT molecular complexity index is 1240. The van der Waals surface area contributed by atoms with Gasteiger partial charge in [-0.1, -0.05) is 0 Å². The van der Waals surface area contributed by atoms with Crippen LogP contribution in [0.2, 0.25) is 0 Å². The number of rotatable bonds is 3. The Balaban J connectivity index is 1.75. The van der Waals surface area contributed by atoms with E-state index in [9.17, 15) is 31.5 Å². The van der Waals surface area contributed by atoms with E-state index in [0.717, 1.165) is 11.5 Å². The Morgan fingerprint density at radius 1 is 1.09 bits per heavy atom. The van der Waals surface area contributed by atoms with Crippen molar-refractivity contribution in [1.82, 2.24) is 14.6 Å². The molecule has 12 heteroatoms. The molecule has 1 N–H and O–H groups in total. The van der Waals surface area contributed by atoms with Crippen LogP contribution in [0, 0.1) is 11.6 Å². The number of nitrogens with zero attached hydrogens (tertiary/aromatic N) is 2. The van der Waals surface area contributed by atoms with Gasteiger partial charge >= 0.3 is 12.1 Å². The summed E-state index contributed by atoms with van der Waals surface area (Å²) >= 11 is 1.07. The van der Waals surface area contributed by atoms with Gasteiger partial charge in [0, 0.05) is 48.9 Å². The normalized spacial score (nSPS) is 18.9. The number of ether oxygens (including phenoxy) is 1. The van der Waals surface area contributed by atoms with E-state index >= 15 is 0 Å². The molecule has 4 rings (SSSR count). The molecule has 0 saturated carbocycles. The van der Waals surface area contributed by atoms with Gasteiger partial charge in [0.1, 0.15) is 17.4 Å². The van der Waals surface area contributed by atoms with Gasteiger partial charge in [0.15, 0.2) is 0 Å². The van der Waals surface area contributed by atoms with Gasteiger partial charge < -0.3 is 15.0 Å². The first-order valence-corrected chi connectivity index (χ1v) is 10.9. The first kappa shape index (κ1) is 24.0. The van der Waals surface area contributed by atoms with Crippen LogP contribution in [-0.2, 0) is 4.79 Å². The van der Waals surface area contributed by atoms with Crippen LogP contribution in [0.25, 0.3) is 21.2 Å². The second-order valence-corrected chi connectivity index (χ2v) is 8.90. The average molecular weight is 499 g/mol. The van der Waals surface area contributed by atoms with Gasteiger partial charge in [-0.15, -0.1) is 0 Å². The van der Waals surface area contributed by atoms with Crippen LogP contribution in [0.3, 0.4) is 0 Å². The van der Waals surface area contributed by atoms with Gasteiger partial charge in [-0.3, -0.25) is 4.79 Å². The number of fused-ring (bicyclic) bond motifs is 1. The summed E-state index contributed by atoms with van der Waals surface area (Å²) in [6.07, 6.45) is -3.87. The number of carbonyl (C=O) groups is 2. The second-order valence-electron chi connectivity index (χ2n) is 8.10. The molecule has 1 aliphatic rings. The highest BCUT2D eigenvalue weighted by Gasteiger charge is 2.41. The minimum atomic E-state index is -5.32. The Morgan fingerprint density at radius 2 is 1.71 bits per heavy atom. The van der Waals surface area contributed by atoms with Gasteiger partial charge in [-0.25, -0.2) is 13.6 Å². The summed E-state index contributed by atoms with van der Waals surface area (Å²) in [7, 11) is 0. The highest BCUT2D eigenvalue weighted by molar-refractivity contribution is 7.13. The number of alkyl halides is 3. The molecule has 34 heavy (non-hydrogen) atoms. The van der Waals surface area contributed by atoms with E-state index in [1.54, 1.807) is 4.90 Å². The molecular formula is C22H18F5N3O3S. The standard InChI is InChI=1S/C22H18F5N3O3S/c1-10-8-30(9-11(2)29-10)20(31)15-4-12(3-13-7-28-34-19(13)15)18-16(23)5-14(6-17(18)24)33-21(32)22(25,26)27/h3-7,10-11,29H,8-9H2,1-2H3/t10-,11+. The number of hydrogen-bond donors (Lipinski definition) is 1. The van der Waals surface area contributed by atoms with Crippen LogP contribution in [0.5, 0.6) is 5.75 Å². The van der Waals surface area contributed by atoms with Gasteiger partial charge in [-0.2, -0.15) is 17.5 Å². The van der Waals surface area contributed by atoms with E-state index in [2.05, 4.69) is 14.4 Å². The molecule has 180 valence electrons. The predicted molar refractivity (Wildman–Crippen MR) is 115 cm³/mol. The van der Waals surface area contributed by atoms with E-state index in [4.69, 9.17) is 0 Å². The number of hydrogen-bond acceptors (Lipinski definition) is 6. The molecule has 3 aromatic rings. The molecule has 0 bridgehead atoms. The van der Waals surface area contributed by atoms with Crippen molar-refractivity contribution in [2.45, 2.75) is 32.1 Å². The third kappa shape index (κ3) is 4.73. The number of nitrogens with one attached hydrogen (secondary N) is 1. The van der Waals surface area contributed by atoms with E-state index in [1.807, 2.05) is 13.8 Å². The summed E-state index contributed by atoms with van der Waals surface area (Å²) in [6.45, 7) is 4.75. The zero-order chi connectivity index (χ0) is 24.8. The Kier molecular flexibility index (Phi) is 6.30. The summed E-state index contributed by atoms with van der Waals surface area (Å²) in [4.78, 5) is 26.0. The van der Waals surface area contributed by atoms with E-state index in [1.165, 1.54) is 18.3 Å². The average Bonchev–Trinajstić information content (AvgIpc) is 3.19. The molecule has 1 saturated heterocycles. The maximum absolute atomic E-state index is 14.8. The Hall–Kier alpha value is -3.12. The molecule has 1 aromatic heterocycles. The summed E-state index contributed by atoms with van der Waals surface area (Å²) < 4.78 is 75.6. The van der Waals surface area contributed by atoms with Crippen LogP contribution in [0.15, 0.2) is 30.5 Å². The monoisotopic (exact) mass is 499 g/mol. The molecule has 0 spiro atoms. The van der Waals surface area contributed by atoms with Gasteiger partial charge in [0.2, 0.25) is 0 Å². The number of piperazine rings is 1. The van der Waals surface area contributed by atoms with E-state index in [0.29, 0.717) is 35.3 Å². The number of carbonyl (C=O) groups excluding carboxylic acids is 2. The van der Waals surface area contributed by atoms with Crippen molar-refractivity contribution in [1.29, 1.82) is 0 Å². The zero-order valence-electron chi connectivity index (χ0n) is 17.9. The van der Waals surface area contributed by atoms with Crippen molar-refractivity contribution < 1.29 is 36.3 Å². The molecule has 1 fully saturated rings. The van der Waals surface area contributed by atoms with Crippen LogP contribution in [0.1, 0.15) is 24.2 Å². The van der Waals surface area contributed by atoms with Gasteiger partial charge in [-0.05, 0) is 43.1 Å². The van der Waals surface area contributed by atoms with Crippen molar-refractivity contribution in [2.75, 3.05) is 13.1 Å². The van der Waals surface area contributed by atoms with Gasteiger partial charge in [0.25, 0.3) is 5.91 Å². The summed E-state index contributed by atoms with van der Waals surface area (Å²) in [5.41, 5.74) is -0.366. The maximum atomic E-state index is 14.8. The number of amides is 1. The molecule has 2 atom stereocenters. The van der Waals surface area contributed by atoms with Crippen LogP contribution < -0.4 is 10.1 Å². The summed E-state index contributed by atoms with van der Waals surface area (Å²) in [5.74, 6) is -6.37. The van der Waals surface area contributed by atoms with Crippen LogP contribution >= 0.6 is 11.5 Å². The first-order chi connectivity index (χ1) is 15.9. The Labute approximate surface area is 194 Å². The minimum Gasteiger partial charge on any atom is -0.420 e. The van der Waals surface area contributed by atoms with Crippen molar-refractivity contribution >= 4 is 33.5 Å². The SMILES string of the molecule is C[C@@H]1CN(C(=O)c2cc(-c3c(F)cc(OC(=O)C(F)(F)F)cc3F)cc3cnsc23)C[C@H](C)N1. The molecular weight excluding hydrogens is 481 g/mol. The number of halogens is 5. The van der Waals surface area contributed by atoms with E-state index in [-0.39, 0.29) is 29.1 Å². The second kappa shape index (κ2) is 8.91. The molecule has 2 heterocycles. The molecule has 0 aliphatic carbocycles. The van der Waals surface area contributed by atoms with Gasteiger partial charge in [0.05, 0.1) is 15.8 Å². The minimum absolute atomic E-state index is 0.00372. The van der Waals surface area contributed by atoms with E-state index < -0.39 is 35.1 Å². The van der Waals surface area contributed by atoms with Crippen LogP contribution in [-0.4, -0.2) is 52.5 Å². The lowest BCUT2D eigenvalue weighted by Crippen LogP contribution is -2.55. The molecule has 6 nitrogen and oxygen atoms in total. The fourth-order valence-corrected chi connectivity index (χ4v) is 4.73. The van der Waals surface area contributed by atoms with Crippen LogP contribution in [0.4, 0.5) is 22.0 Å². The molecule has 0 unspecified atom stereocenters. The quantitative estimate of drug-likeness (QED) is 0.326. The lowest BCUT2D eigenvalue weighted by molar-refractivity contribution is -0.189. The smallest absolute Gasteiger partial charge is 0.420 e. The molecule has 2 aromatic carbocycles. The zero-order valence-corrected chi connectivity index (χ0v) is 18.7. The highest BCUT2D eigenvalue weighted by atomic mass is 32.1. The van der Waals surface area contributed by atoms with Crippen molar-refractivity contribution in [3.05, 3.63) is 47.7 Å². The molecule has 0 radical (unpaired) electrons. The summed E-state index contributed by atoms with van der Waals surface area (Å²) in [5, 5.41) is 3.80. The molecule has 1 amide bonds. The van der Waals surface area contributed by atoms with Crippen molar-refractivity contribution in [2.24, 2.45) is 0 Å². The fraction of sp³-hybridized carbons (Fsp3) is 0.318. The predicted octanol–water partition coefficient (Wildman–Crippen LogP) is 4.53. The number of benzene rings is 2. The third-order valence-corrected chi connectivity index (χ3v) is 6.12. The topological polar surface area (TPSA) is 71.5 Å². The third-order valence-electron chi connectivity index (χ3n) is 5.27. The first-order valence-electron chi connectivity index (χ1n) is 10.2. The molecule has 1 aliphatic heterocycles. The lowest BCUT2D eigenvalue weighted by Gasteiger charge is -2.36. The largest absolute Gasteiger partial charge is 0.491 e. The lowest BCUT2D eigenvalue weighted by atomic mass is 9.99. The number of aromatic nitrogens is 1. The maximum Gasteiger partial charge on any atom is 0.491 e. The number of esters is 1. The highest BCUT2D eigenvalue weighted by Crippen LogP contribution is 2.35. The Morgan fingerprint density at radius 3 is 2.29 bits per heavy atom. The fourth-order valence-electron chi connectivity index (χ4n) is 4.00.